The first-order valence-corrected chi connectivity index (χ1v) is 8.64. The molecule has 0 unspecified atom stereocenters. The van der Waals surface area contributed by atoms with Crippen LogP contribution in [-0.2, 0) is 0 Å². The lowest BCUT2D eigenvalue weighted by molar-refractivity contribution is 0.108. The number of carbonyl (C=O) groups excluding carboxylic acids is 1. The van der Waals surface area contributed by atoms with Crippen molar-refractivity contribution in [3.05, 3.63) is 78.4 Å². The SMILES string of the molecule is O=C(Cl)c1ccc(Sc2c(S)cccc2-c2ccccc2)cc1. The molecule has 0 atom stereocenters. The number of carbonyl (C=O) groups is 1. The summed E-state index contributed by atoms with van der Waals surface area (Å²) >= 11 is 11.7. The minimum atomic E-state index is -0.443. The highest BCUT2D eigenvalue weighted by Gasteiger charge is 2.10. The average molecular weight is 357 g/mol. The van der Waals surface area contributed by atoms with Gasteiger partial charge in [-0.15, -0.1) is 12.6 Å². The second kappa shape index (κ2) is 7.26. The maximum atomic E-state index is 11.2. The Morgan fingerprint density at radius 1 is 0.870 bits per heavy atom. The van der Waals surface area contributed by atoms with Crippen LogP contribution in [0.4, 0.5) is 0 Å². The van der Waals surface area contributed by atoms with Gasteiger partial charge in [-0.1, -0.05) is 54.2 Å². The number of hydrogen-bond donors (Lipinski definition) is 1. The molecule has 3 rings (SSSR count). The molecule has 3 aromatic carbocycles. The highest BCUT2D eigenvalue weighted by Crippen LogP contribution is 2.39. The van der Waals surface area contributed by atoms with E-state index >= 15 is 0 Å². The molecule has 0 spiro atoms. The minimum absolute atomic E-state index is 0.443. The van der Waals surface area contributed by atoms with Crippen LogP contribution in [0.5, 0.6) is 0 Å². The standard InChI is InChI=1S/C19H13ClOS2/c20-19(21)14-9-11-15(12-10-14)23-18-16(7-4-8-17(18)22)13-5-2-1-3-6-13/h1-12,22H. The van der Waals surface area contributed by atoms with Crippen LogP contribution in [0.15, 0.2) is 87.5 Å². The zero-order valence-corrected chi connectivity index (χ0v) is 14.5. The van der Waals surface area contributed by atoms with Crippen molar-refractivity contribution in [3.63, 3.8) is 0 Å². The Bertz CT molecular complexity index is 830. The Morgan fingerprint density at radius 2 is 1.57 bits per heavy atom. The van der Waals surface area contributed by atoms with E-state index in [1.807, 2.05) is 42.5 Å². The van der Waals surface area contributed by atoms with E-state index in [1.54, 1.807) is 23.9 Å². The molecule has 4 heteroatoms. The van der Waals surface area contributed by atoms with Gasteiger partial charge >= 0.3 is 0 Å². The Hall–Kier alpha value is -1.68. The smallest absolute Gasteiger partial charge is 0.252 e. The molecule has 0 bridgehead atoms. The highest BCUT2D eigenvalue weighted by molar-refractivity contribution is 8.00. The predicted octanol–water partition coefficient (Wildman–Crippen LogP) is 6.17. The summed E-state index contributed by atoms with van der Waals surface area (Å²) in [6, 6.07) is 23.6. The van der Waals surface area contributed by atoms with E-state index in [1.165, 1.54) is 0 Å². The molecule has 0 aliphatic heterocycles. The maximum Gasteiger partial charge on any atom is 0.252 e. The average Bonchev–Trinajstić information content (AvgIpc) is 2.58. The number of thiol groups is 1. The maximum absolute atomic E-state index is 11.2. The monoisotopic (exact) mass is 356 g/mol. The van der Waals surface area contributed by atoms with Crippen LogP contribution in [-0.4, -0.2) is 5.24 Å². The van der Waals surface area contributed by atoms with E-state index in [4.69, 9.17) is 11.6 Å². The fourth-order valence-corrected chi connectivity index (χ4v) is 3.69. The Labute approximate surface area is 150 Å². The summed E-state index contributed by atoms with van der Waals surface area (Å²) in [6.45, 7) is 0. The lowest BCUT2D eigenvalue weighted by atomic mass is 10.1. The molecule has 0 fully saturated rings. The van der Waals surface area contributed by atoms with Gasteiger partial charge in [-0.2, -0.15) is 0 Å². The van der Waals surface area contributed by atoms with Crippen molar-refractivity contribution < 1.29 is 4.79 Å². The van der Waals surface area contributed by atoms with Gasteiger partial charge in [-0.25, -0.2) is 0 Å². The summed E-state index contributed by atoms with van der Waals surface area (Å²) in [5.74, 6) is 0. The molecule has 0 aromatic heterocycles. The zero-order chi connectivity index (χ0) is 16.2. The summed E-state index contributed by atoms with van der Waals surface area (Å²) in [6.07, 6.45) is 0. The van der Waals surface area contributed by atoms with E-state index in [2.05, 4.69) is 30.8 Å². The third-order valence-corrected chi connectivity index (χ3v) is 5.27. The van der Waals surface area contributed by atoms with Gasteiger partial charge in [0.15, 0.2) is 0 Å². The molecular formula is C19H13ClOS2. The fraction of sp³-hybridized carbons (Fsp3) is 0. The van der Waals surface area contributed by atoms with Crippen molar-refractivity contribution in [2.75, 3.05) is 0 Å². The molecule has 0 aliphatic rings. The van der Waals surface area contributed by atoms with E-state index < -0.39 is 5.24 Å². The Kier molecular flexibility index (Phi) is 5.11. The summed E-state index contributed by atoms with van der Waals surface area (Å²) in [7, 11) is 0. The van der Waals surface area contributed by atoms with Gasteiger partial charge in [0.05, 0.1) is 0 Å². The first kappa shape index (κ1) is 16.2. The van der Waals surface area contributed by atoms with Crippen molar-refractivity contribution in [1.29, 1.82) is 0 Å². The van der Waals surface area contributed by atoms with Crippen molar-refractivity contribution in [3.8, 4) is 11.1 Å². The molecule has 114 valence electrons. The third-order valence-electron chi connectivity index (χ3n) is 3.38. The lowest BCUT2D eigenvalue weighted by Crippen LogP contribution is -1.88. The zero-order valence-electron chi connectivity index (χ0n) is 12.1. The number of halogens is 1. The topological polar surface area (TPSA) is 17.1 Å². The Morgan fingerprint density at radius 3 is 2.22 bits per heavy atom. The minimum Gasteiger partial charge on any atom is -0.276 e. The van der Waals surface area contributed by atoms with Gasteiger partial charge in [0.1, 0.15) is 0 Å². The number of rotatable bonds is 4. The summed E-state index contributed by atoms with van der Waals surface area (Å²) in [5.41, 5.74) is 2.79. The molecular weight excluding hydrogens is 344 g/mol. The highest BCUT2D eigenvalue weighted by atomic mass is 35.5. The van der Waals surface area contributed by atoms with Crippen LogP contribution in [0.2, 0.25) is 0 Å². The first-order valence-electron chi connectivity index (χ1n) is 7.00. The summed E-state index contributed by atoms with van der Waals surface area (Å²) in [4.78, 5) is 14.2. The van der Waals surface area contributed by atoms with Crippen LogP contribution in [0, 0.1) is 0 Å². The van der Waals surface area contributed by atoms with Crippen LogP contribution in [0.3, 0.4) is 0 Å². The molecule has 0 aliphatic carbocycles. The van der Waals surface area contributed by atoms with Crippen molar-refractivity contribution in [2.24, 2.45) is 0 Å². The molecule has 0 N–H and O–H groups in total. The largest absolute Gasteiger partial charge is 0.276 e. The van der Waals surface area contributed by atoms with Crippen molar-refractivity contribution in [1.82, 2.24) is 0 Å². The van der Waals surface area contributed by atoms with Gasteiger partial charge in [-0.3, -0.25) is 4.79 Å². The lowest BCUT2D eigenvalue weighted by Gasteiger charge is -2.12. The van der Waals surface area contributed by atoms with E-state index in [9.17, 15) is 4.79 Å². The second-order valence-electron chi connectivity index (χ2n) is 4.92. The molecule has 1 nitrogen and oxygen atoms in total. The molecule has 0 amide bonds. The molecule has 3 aromatic rings. The van der Waals surface area contributed by atoms with E-state index in [0.717, 1.165) is 25.8 Å². The quantitative estimate of drug-likeness (QED) is 0.444. The molecule has 0 saturated heterocycles. The van der Waals surface area contributed by atoms with Crippen molar-refractivity contribution in [2.45, 2.75) is 14.7 Å². The van der Waals surface area contributed by atoms with Crippen LogP contribution < -0.4 is 0 Å². The molecule has 0 saturated carbocycles. The predicted molar refractivity (Wildman–Crippen MR) is 99.9 cm³/mol. The van der Waals surface area contributed by atoms with Crippen LogP contribution in [0.25, 0.3) is 11.1 Å². The first-order chi connectivity index (χ1) is 11.1. The molecule has 0 heterocycles. The van der Waals surface area contributed by atoms with Gasteiger partial charge < -0.3 is 0 Å². The van der Waals surface area contributed by atoms with Crippen LogP contribution in [0.1, 0.15) is 10.4 Å². The third kappa shape index (κ3) is 3.81. The summed E-state index contributed by atoms with van der Waals surface area (Å²) < 4.78 is 0. The fourth-order valence-electron chi connectivity index (χ4n) is 2.25. The van der Waals surface area contributed by atoms with Gasteiger partial charge in [0.25, 0.3) is 5.24 Å². The molecule has 0 radical (unpaired) electrons. The van der Waals surface area contributed by atoms with Crippen LogP contribution >= 0.6 is 36.0 Å². The normalized spacial score (nSPS) is 10.5. The van der Waals surface area contributed by atoms with E-state index in [-0.39, 0.29) is 0 Å². The van der Waals surface area contributed by atoms with Crippen molar-refractivity contribution >= 4 is 41.2 Å². The molecule has 23 heavy (non-hydrogen) atoms. The van der Waals surface area contributed by atoms with Gasteiger partial charge in [0.2, 0.25) is 0 Å². The number of hydrogen-bond acceptors (Lipinski definition) is 3. The second-order valence-corrected chi connectivity index (χ2v) is 6.83. The number of benzene rings is 3. The van der Waals surface area contributed by atoms with Gasteiger partial charge in [0, 0.05) is 20.2 Å². The van der Waals surface area contributed by atoms with Gasteiger partial charge in [-0.05, 0) is 53.1 Å². The summed E-state index contributed by atoms with van der Waals surface area (Å²) in [5, 5.41) is -0.443. The Balaban J connectivity index is 1.98. The van der Waals surface area contributed by atoms with E-state index in [0.29, 0.717) is 5.56 Å².